The van der Waals surface area contributed by atoms with Crippen molar-refractivity contribution in [2.24, 2.45) is 5.73 Å². The number of benzene rings is 2. The predicted octanol–water partition coefficient (Wildman–Crippen LogP) is 2.08. The number of rotatable bonds is 3. The third-order valence-electron chi connectivity index (χ3n) is 2.66. The van der Waals surface area contributed by atoms with E-state index in [1.54, 1.807) is 24.3 Å². The van der Waals surface area contributed by atoms with E-state index < -0.39 is 5.91 Å². The summed E-state index contributed by atoms with van der Waals surface area (Å²) in [7, 11) is 0. The first-order chi connectivity index (χ1) is 8.18. The molecule has 2 aromatic carbocycles. The van der Waals surface area contributed by atoms with Crippen LogP contribution in [0.2, 0.25) is 0 Å². The number of phenols is 1. The Hall–Kier alpha value is -2.29. The van der Waals surface area contributed by atoms with Gasteiger partial charge in [0, 0.05) is 12.0 Å². The molecule has 0 saturated carbocycles. The van der Waals surface area contributed by atoms with E-state index in [-0.39, 0.29) is 5.75 Å². The van der Waals surface area contributed by atoms with Crippen molar-refractivity contribution in [2.75, 3.05) is 0 Å². The number of carbonyl (C=O) groups is 1. The Morgan fingerprint density at radius 1 is 1.00 bits per heavy atom. The molecule has 2 rings (SSSR count). The van der Waals surface area contributed by atoms with Gasteiger partial charge in [-0.05, 0) is 23.3 Å². The number of para-hydroxylation sites is 1. The number of carbonyl (C=O) groups excluding carboxylic acids is 1. The smallest absolute Gasteiger partial charge is 0.248 e. The van der Waals surface area contributed by atoms with Crippen LogP contribution in [0, 0.1) is 0 Å². The molecule has 0 aromatic heterocycles. The lowest BCUT2D eigenvalue weighted by Gasteiger charge is -2.07. The topological polar surface area (TPSA) is 63.3 Å². The first-order valence-electron chi connectivity index (χ1n) is 5.33. The Morgan fingerprint density at radius 3 is 2.24 bits per heavy atom. The third-order valence-corrected chi connectivity index (χ3v) is 2.66. The highest BCUT2D eigenvalue weighted by atomic mass is 16.3. The van der Waals surface area contributed by atoms with Crippen LogP contribution in [-0.2, 0) is 6.42 Å². The quantitative estimate of drug-likeness (QED) is 0.843. The van der Waals surface area contributed by atoms with Crippen LogP contribution in [0.1, 0.15) is 21.5 Å². The van der Waals surface area contributed by atoms with Gasteiger partial charge in [0.05, 0.1) is 0 Å². The standard InChI is InChI=1S/C14H13NO2/c15-14(17)12-7-3-1-5-10(12)9-11-6-2-4-8-13(11)16/h1-8,16H,9H2,(H2,15,17). The molecular formula is C14H13NO2. The zero-order chi connectivity index (χ0) is 12.3. The van der Waals surface area contributed by atoms with Crippen LogP contribution in [-0.4, -0.2) is 11.0 Å². The lowest BCUT2D eigenvalue weighted by molar-refractivity contribution is 0.0999. The van der Waals surface area contributed by atoms with Gasteiger partial charge < -0.3 is 10.8 Å². The molecule has 86 valence electrons. The summed E-state index contributed by atoms with van der Waals surface area (Å²) in [6.45, 7) is 0. The van der Waals surface area contributed by atoms with Gasteiger partial charge in [-0.25, -0.2) is 0 Å². The minimum atomic E-state index is -0.448. The number of hydrogen-bond donors (Lipinski definition) is 2. The molecule has 0 saturated heterocycles. The first-order valence-corrected chi connectivity index (χ1v) is 5.33. The molecule has 3 nitrogen and oxygen atoms in total. The van der Waals surface area contributed by atoms with Gasteiger partial charge in [-0.2, -0.15) is 0 Å². The van der Waals surface area contributed by atoms with Gasteiger partial charge in [-0.15, -0.1) is 0 Å². The summed E-state index contributed by atoms with van der Waals surface area (Å²) in [6.07, 6.45) is 0.492. The minimum Gasteiger partial charge on any atom is -0.508 e. The molecule has 3 N–H and O–H groups in total. The van der Waals surface area contributed by atoms with Crippen molar-refractivity contribution in [3.05, 3.63) is 65.2 Å². The molecule has 0 spiro atoms. The van der Waals surface area contributed by atoms with Gasteiger partial charge in [0.1, 0.15) is 5.75 Å². The summed E-state index contributed by atoms with van der Waals surface area (Å²) < 4.78 is 0. The van der Waals surface area contributed by atoms with Crippen molar-refractivity contribution >= 4 is 5.91 Å². The monoisotopic (exact) mass is 227 g/mol. The molecule has 0 atom stereocenters. The molecule has 0 aliphatic rings. The molecule has 0 unspecified atom stereocenters. The fourth-order valence-electron chi connectivity index (χ4n) is 1.78. The van der Waals surface area contributed by atoms with Gasteiger partial charge in [0.2, 0.25) is 5.91 Å². The summed E-state index contributed by atoms with van der Waals surface area (Å²) in [5, 5.41) is 9.69. The van der Waals surface area contributed by atoms with E-state index in [1.807, 2.05) is 24.3 Å². The van der Waals surface area contributed by atoms with Gasteiger partial charge in [-0.3, -0.25) is 4.79 Å². The first kappa shape index (κ1) is 11.2. The van der Waals surface area contributed by atoms with Gasteiger partial charge >= 0.3 is 0 Å². The third kappa shape index (κ3) is 2.45. The predicted molar refractivity (Wildman–Crippen MR) is 65.9 cm³/mol. The maximum atomic E-state index is 11.3. The van der Waals surface area contributed by atoms with Crippen molar-refractivity contribution in [1.29, 1.82) is 0 Å². The fraction of sp³-hybridized carbons (Fsp3) is 0.0714. The summed E-state index contributed by atoms with van der Waals surface area (Å²) >= 11 is 0. The van der Waals surface area contributed by atoms with E-state index in [1.165, 1.54) is 0 Å². The molecule has 1 amide bonds. The number of phenolic OH excluding ortho intramolecular Hbond substituents is 1. The number of aromatic hydroxyl groups is 1. The van der Waals surface area contributed by atoms with E-state index in [4.69, 9.17) is 5.73 Å². The van der Waals surface area contributed by atoms with E-state index >= 15 is 0 Å². The van der Waals surface area contributed by atoms with Gasteiger partial charge in [0.25, 0.3) is 0 Å². The molecular weight excluding hydrogens is 214 g/mol. The van der Waals surface area contributed by atoms with Crippen molar-refractivity contribution in [2.45, 2.75) is 6.42 Å². The molecule has 0 aliphatic heterocycles. The van der Waals surface area contributed by atoms with Crippen molar-refractivity contribution in [3.63, 3.8) is 0 Å². The number of amides is 1. The van der Waals surface area contributed by atoms with E-state index in [9.17, 15) is 9.90 Å². The minimum absolute atomic E-state index is 0.228. The van der Waals surface area contributed by atoms with Crippen LogP contribution < -0.4 is 5.73 Å². The Morgan fingerprint density at radius 2 is 1.59 bits per heavy atom. The van der Waals surface area contributed by atoms with Crippen LogP contribution in [0.3, 0.4) is 0 Å². The number of hydrogen-bond acceptors (Lipinski definition) is 2. The maximum Gasteiger partial charge on any atom is 0.248 e. The lowest BCUT2D eigenvalue weighted by atomic mass is 9.99. The maximum absolute atomic E-state index is 11.3. The zero-order valence-electron chi connectivity index (χ0n) is 9.26. The highest BCUT2D eigenvalue weighted by Gasteiger charge is 2.09. The SMILES string of the molecule is NC(=O)c1ccccc1Cc1ccccc1O. The molecule has 0 aliphatic carbocycles. The second-order valence-electron chi connectivity index (χ2n) is 3.83. The Kier molecular flexibility index (Phi) is 3.10. The van der Waals surface area contributed by atoms with Crippen LogP contribution in [0.4, 0.5) is 0 Å². The van der Waals surface area contributed by atoms with Crippen LogP contribution in [0.25, 0.3) is 0 Å². The van der Waals surface area contributed by atoms with E-state index in [0.717, 1.165) is 11.1 Å². The van der Waals surface area contributed by atoms with Gasteiger partial charge in [-0.1, -0.05) is 36.4 Å². The summed E-state index contributed by atoms with van der Waals surface area (Å²) in [5.41, 5.74) is 7.40. The van der Waals surface area contributed by atoms with Crippen LogP contribution in [0.15, 0.2) is 48.5 Å². The Balaban J connectivity index is 2.37. The fourth-order valence-corrected chi connectivity index (χ4v) is 1.78. The summed E-state index contributed by atoms with van der Waals surface area (Å²) in [6, 6.07) is 14.2. The molecule has 0 fully saturated rings. The van der Waals surface area contributed by atoms with Crippen molar-refractivity contribution in [3.8, 4) is 5.75 Å². The molecule has 2 aromatic rings. The second kappa shape index (κ2) is 4.70. The Bertz CT molecular complexity index is 549. The van der Waals surface area contributed by atoms with Crippen molar-refractivity contribution < 1.29 is 9.90 Å². The molecule has 0 bridgehead atoms. The summed E-state index contributed by atoms with van der Waals surface area (Å²) in [4.78, 5) is 11.3. The molecule has 0 heterocycles. The average molecular weight is 227 g/mol. The summed E-state index contributed by atoms with van der Waals surface area (Å²) in [5.74, 6) is -0.220. The molecule has 17 heavy (non-hydrogen) atoms. The molecule has 0 radical (unpaired) electrons. The van der Waals surface area contributed by atoms with Gasteiger partial charge in [0.15, 0.2) is 0 Å². The van der Waals surface area contributed by atoms with E-state index in [2.05, 4.69) is 0 Å². The molecule has 3 heteroatoms. The van der Waals surface area contributed by atoms with Crippen LogP contribution in [0.5, 0.6) is 5.75 Å². The number of primary amides is 1. The lowest BCUT2D eigenvalue weighted by Crippen LogP contribution is -2.13. The highest BCUT2D eigenvalue weighted by molar-refractivity contribution is 5.94. The van der Waals surface area contributed by atoms with Crippen LogP contribution >= 0.6 is 0 Å². The average Bonchev–Trinajstić information content (AvgIpc) is 2.32. The van der Waals surface area contributed by atoms with E-state index in [0.29, 0.717) is 12.0 Å². The highest BCUT2D eigenvalue weighted by Crippen LogP contribution is 2.21. The van der Waals surface area contributed by atoms with Crippen molar-refractivity contribution in [1.82, 2.24) is 0 Å². The number of nitrogens with two attached hydrogens (primary N) is 1. The second-order valence-corrected chi connectivity index (χ2v) is 3.83. The Labute approximate surface area is 99.5 Å². The zero-order valence-corrected chi connectivity index (χ0v) is 9.26. The normalized spacial score (nSPS) is 10.1. The largest absolute Gasteiger partial charge is 0.508 e.